The predicted molar refractivity (Wildman–Crippen MR) is 68.4 cm³/mol. The third-order valence-corrected chi connectivity index (χ3v) is 3.08. The summed E-state index contributed by atoms with van der Waals surface area (Å²) in [6.45, 7) is 6.41. The van der Waals surface area contributed by atoms with E-state index in [-0.39, 0.29) is 18.4 Å². The molecule has 0 heterocycles. The summed E-state index contributed by atoms with van der Waals surface area (Å²) in [7, 11) is 1.56. The van der Waals surface area contributed by atoms with E-state index < -0.39 is 5.54 Å². The van der Waals surface area contributed by atoms with Gasteiger partial charge in [-0.1, -0.05) is 20.8 Å². The van der Waals surface area contributed by atoms with Gasteiger partial charge in [-0.2, -0.15) is 0 Å². The Balaban J connectivity index is 4.80. The summed E-state index contributed by atoms with van der Waals surface area (Å²) in [6.07, 6.45) is 1.97. The molecule has 5 nitrogen and oxygen atoms in total. The third kappa shape index (κ3) is 4.34. The van der Waals surface area contributed by atoms with E-state index in [1.807, 2.05) is 20.8 Å². The molecule has 0 spiro atoms. The SMILES string of the molecule is CCCN(CC(=O)NC)C(=O)C(N)(CC)CC. The van der Waals surface area contributed by atoms with Gasteiger partial charge in [-0.15, -0.1) is 0 Å². The highest BCUT2D eigenvalue weighted by molar-refractivity contribution is 5.90. The molecule has 0 aliphatic rings. The van der Waals surface area contributed by atoms with Crippen LogP contribution in [0.15, 0.2) is 0 Å². The van der Waals surface area contributed by atoms with E-state index in [1.54, 1.807) is 11.9 Å². The largest absolute Gasteiger partial charge is 0.358 e. The van der Waals surface area contributed by atoms with Crippen LogP contribution in [-0.4, -0.2) is 42.4 Å². The second-order valence-electron chi connectivity index (χ2n) is 4.26. The van der Waals surface area contributed by atoms with E-state index in [4.69, 9.17) is 5.73 Å². The molecule has 100 valence electrons. The van der Waals surface area contributed by atoms with Gasteiger partial charge in [-0.3, -0.25) is 9.59 Å². The predicted octanol–water partition coefficient (Wildman–Crippen LogP) is 0.489. The molecule has 2 amide bonds. The molecule has 3 N–H and O–H groups in total. The Hall–Kier alpha value is -1.10. The fourth-order valence-corrected chi connectivity index (χ4v) is 1.64. The van der Waals surface area contributed by atoms with Crippen LogP contribution >= 0.6 is 0 Å². The van der Waals surface area contributed by atoms with Crippen LogP contribution in [0.4, 0.5) is 0 Å². The van der Waals surface area contributed by atoms with Crippen LogP contribution in [0.1, 0.15) is 40.0 Å². The monoisotopic (exact) mass is 243 g/mol. The lowest BCUT2D eigenvalue weighted by Gasteiger charge is -2.32. The number of hydrogen-bond donors (Lipinski definition) is 2. The fraction of sp³-hybridized carbons (Fsp3) is 0.833. The molecule has 0 saturated carbocycles. The maximum Gasteiger partial charge on any atom is 0.243 e. The zero-order valence-corrected chi connectivity index (χ0v) is 11.4. The van der Waals surface area contributed by atoms with Gasteiger partial charge < -0.3 is 16.0 Å². The van der Waals surface area contributed by atoms with E-state index in [2.05, 4.69) is 5.32 Å². The number of hydrogen-bond acceptors (Lipinski definition) is 3. The second kappa shape index (κ2) is 7.27. The molecule has 5 heteroatoms. The number of amides is 2. The van der Waals surface area contributed by atoms with E-state index in [1.165, 1.54) is 0 Å². The third-order valence-electron chi connectivity index (χ3n) is 3.08. The molecular weight excluding hydrogens is 218 g/mol. The van der Waals surface area contributed by atoms with Crippen LogP contribution in [0.2, 0.25) is 0 Å². The Bertz CT molecular complexity index is 262. The summed E-state index contributed by atoms with van der Waals surface area (Å²) in [5.41, 5.74) is 5.22. The average Bonchev–Trinajstić information content (AvgIpc) is 2.36. The zero-order valence-electron chi connectivity index (χ0n) is 11.4. The molecular formula is C12H25N3O2. The molecule has 17 heavy (non-hydrogen) atoms. The van der Waals surface area contributed by atoms with E-state index >= 15 is 0 Å². The smallest absolute Gasteiger partial charge is 0.243 e. The van der Waals surface area contributed by atoms with Gasteiger partial charge in [0.2, 0.25) is 11.8 Å². The number of nitrogens with two attached hydrogens (primary N) is 1. The highest BCUT2D eigenvalue weighted by atomic mass is 16.2. The minimum atomic E-state index is -0.844. The number of carbonyl (C=O) groups is 2. The first-order valence-corrected chi connectivity index (χ1v) is 6.23. The Kier molecular flexibility index (Phi) is 6.80. The first-order chi connectivity index (χ1) is 7.95. The Morgan fingerprint density at radius 2 is 1.76 bits per heavy atom. The Labute approximate surface area is 104 Å². The van der Waals surface area contributed by atoms with Gasteiger partial charge in [0.1, 0.15) is 0 Å². The molecule has 0 bridgehead atoms. The molecule has 0 aliphatic heterocycles. The van der Waals surface area contributed by atoms with Crippen LogP contribution in [0.5, 0.6) is 0 Å². The van der Waals surface area contributed by atoms with Crippen molar-refractivity contribution in [3.8, 4) is 0 Å². The highest BCUT2D eigenvalue weighted by Gasteiger charge is 2.34. The van der Waals surface area contributed by atoms with Gasteiger partial charge in [-0.25, -0.2) is 0 Å². The number of nitrogens with one attached hydrogen (secondary N) is 1. The van der Waals surface area contributed by atoms with Crippen molar-refractivity contribution in [1.29, 1.82) is 0 Å². The van der Waals surface area contributed by atoms with Gasteiger partial charge in [-0.05, 0) is 19.3 Å². The van der Waals surface area contributed by atoms with Crippen molar-refractivity contribution < 1.29 is 9.59 Å². The maximum atomic E-state index is 12.3. The van der Waals surface area contributed by atoms with Gasteiger partial charge in [0.05, 0.1) is 12.1 Å². The van der Waals surface area contributed by atoms with Crippen molar-refractivity contribution in [2.75, 3.05) is 20.1 Å². The lowest BCUT2D eigenvalue weighted by atomic mass is 9.92. The van der Waals surface area contributed by atoms with Crippen LogP contribution in [-0.2, 0) is 9.59 Å². The number of rotatable bonds is 7. The summed E-state index contributed by atoms with van der Waals surface area (Å²) in [6, 6.07) is 0. The minimum Gasteiger partial charge on any atom is -0.358 e. The molecule has 0 aromatic rings. The lowest BCUT2D eigenvalue weighted by molar-refractivity contribution is -0.140. The van der Waals surface area contributed by atoms with E-state index in [0.717, 1.165) is 6.42 Å². The Morgan fingerprint density at radius 1 is 1.24 bits per heavy atom. The topological polar surface area (TPSA) is 75.4 Å². The summed E-state index contributed by atoms with van der Waals surface area (Å²) in [5, 5.41) is 2.52. The van der Waals surface area contributed by atoms with Crippen LogP contribution in [0.25, 0.3) is 0 Å². The standard InChI is InChI=1S/C12H25N3O2/c1-5-8-15(9-10(16)14-4)11(17)12(13,6-2)7-3/h5-9,13H2,1-4H3,(H,14,16). The summed E-state index contributed by atoms with van der Waals surface area (Å²) >= 11 is 0. The molecule has 0 rings (SSSR count). The van der Waals surface area contributed by atoms with Crippen molar-refractivity contribution >= 4 is 11.8 Å². The molecule has 0 atom stereocenters. The molecule has 0 aromatic heterocycles. The normalized spacial score (nSPS) is 11.1. The number of nitrogens with zero attached hydrogens (tertiary/aromatic N) is 1. The average molecular weight is 243 g/mol. The first kappa shape index (κ1) is 15.9. The second-order valence-corrected chi connectivity index (χ2v) is 4.26. The molecule has 0 fully saturated rings. The molecule has 0 saturated heterocycles. The quantitative estimate of drug-likeness (QED) is 0.683. The van der Waals surface area contributed by atoms with Crippen LogP contribution in [0, 0.1) is 0 Å². The number of carbonyl (C=O) groups excluding carboxylic acids is 2. The highest BCUT2D eigenvalue weighted by Crippen LogP contribution is 2.15. The van der Waals surface area contributed by atoms with E-state index in [9.17, 15) is 9.59 Å². The van der Waals surface area contributed by atoms with Crippen LogP contribution < -0.4 is 11.1 Å². The lowest BCUT2D eigenvalue weighted by Crippen LogP contribution is -2.56. The summed E-state index contributed by atoms with van der Waals surface area (Å²) in [5.74, 6) is -0.297. The van der Waals surface area contributed by atoms with Crippen molar-refractivity contribution in [2.24, 2.45) is 5.73 Å². The zero-order chi connectivity index (χ0) is 13.5. The van der Waals surface area contributed by atoms with E-state index in [0.29, 0.717) is 19.4 Å². The molecule has 0 radical (unpaired) electrons. The van der Waals surface area contributed by atoms with Gasteiger partial charge in [0.15, 0.2) is 0 Å². The van der Waals surface area contributed by atoms with Gasteiger partial charge in [0, 0.05) is 13.6 Å². The summed E-state index contributed by atoms with van der Waals surface area (Å²) in [4.78, 5) is 25.2. The molecule has 0 aromatic carbocycles. The van der Waals surface area contributed by atoms with Crippen molar-refractivity contribution in [1.82, 2.24) is 10.2 Å². The minimum absolute atomic E-state index is 0.0854. The number of likely N-dealkylation sites (N-methyl/N-ethyl adjacent to an activating group) is 1. The first-order valence-electron chi connectivity index (χ1n) is 6.23. The fourth-order valence-electron chi connectivity index (χ4n) is 1.64. The van der Waals surface area contributed by atoms with Crippen LogP contribution in [0.3, 0.4) is 0 Å². The van der Waals surface area contributed by atoms with Crippen molar-refractivity contribution in [3.05, 3.63) is 0 Å². The molecule has 0 unspecified atom stereocenters. The van der Waals surface area contributed by atoms with Gasteiger partial charge in [0.25, 0.3) is 0 Å². The Morgan fingerprint density at radius 3 is 2.12 bits per heavy atom. The van der Waals surface area contributed by atoms with Gasteiger partial charge >= 0.3 is 0 Å². The molecule has 0 aliphatic carbocycles. The van der Waals surface area contributed by atoms with Crippen molar-refractivity contribution in [2.45, 2.75) is 45.6 Å². The maximum absolute atomic E-state index is 12.3. The van der Waals surface area contributed by atoms with Crippen molar-refractivity contribution in [3.63, 3.8) is 0 Å². The summed E-state index contributed by atoms with van der Waals surface area (Å²) < 4.78 is 0.